The van der Waals surface area contributed by atoms with Crippen molar-refractivity contribution in [3.05, 3.63) is 41.9 Å². The largest absolute Gasteiger partial charge is 0.494 e. The summed E-state index contributed by atoms with van der Waals surface area (Å²) in [5, 5.41) is 0. The number of hydrogen-bond acceptors (Lipinski definition) is 5. The van der Waals surface area contributed by atoms with Crippen LogP contribution in [0.1, 0.15) is 18.2 Å². The fraction of sp³-hybridized carbons (Fsp3) is 0.286. The molecular formula is C14H17N3O3S. The van der Waals surface area contributed by atoms with E-state index in [9.17, 15) is 8.42 Å². The van der Waals surface area contributed by atoms with Crippen LogP contribution in [0.25, 0.3) is 0 Å². The summed E-state index contributed by atoms with van der Waals surface area (Å²) in [6, 6.07) is 4.71. The van der Waals surface area contributed by atoms with Gasteiger partial charge in [0.1, 0.15) is 5.75 Å². The fourth-order valence-electron chi connectivity index (χ4n) is 1.75. The topological polar surface area (TPSA) is 81.2 Å². The molecule has 2 aromatic rings. The zero-order valence-corrected chi connectivity index (χ0v) is 12.9. The highest BCUT2D eigenvalue weighted by Gasteiger charge is 2.16. The third-order valence-electron chi connectivity index (χ3n) is 2.78. The number of aryl methyl sites for hydroxylation is 2. The number of ether oxygens (including phenoxy) is 1. The lowest BCUT2D eigenvalue weighted by atomic mass is 10.2. The van der Waals surface area contributed by atoms with E-state index in [0.29, 0.717) is 12.4 Å². The summed E-state index contributed by atoms with van der Waals surface area (Å²) < 4.78 is 32.4. The Morgan fingerprint density at radius 1 is 1.19 bits per heavy atom. The molecule has 0 unspecified atom stereocenters. The van der Waals surface area contributed by atoms with Crippen molar-refractivity contribution in [3.8, 4) is 5.75 Å². The van der Waals surface area contributed by atoms with Crippen LogP contribution in [-0.2, 0) is 10.0 Å². The van der Waals surface area contributed by atoms with Crippen molar-refractivity contribution < 1.29 is 13.2 Å². The number of sulfonamides is 1. The Bertz CT molecular complexity index is 728. The summed E-state index contributed by atoms with van der Waals surface area (Å²) in [6.07, 6.45) is 2.88. The van der Waals surface area contributed by atoms with E-state index in [2.05, 4.69) is 14.7 Å². The molecule has 0 spiro atoms. The molecular weight excluding hydrogens is 290 g/mol. The van der Waals surface area contributed by atoms with Gasteiger partial charge in [-0.05, 0) is 44.5 Å². The lowest BCUT2D eigenvalue weighted by Crippen LogP contribution is -2.14. The molecule has 2 rings (SSSR count). The normalized spacial score (nSPS) is 11.2. The summed E-state index contributed by atoms with van der Waals surface area (Å²) in [7, 11) is -3.69. The van der Waals surface area contributed by atoms with Crippen molar-refractivity contribution in [1.82, 2.24) is 9.97 Å². The molecule has 1 heterocycles. The number of anilines is 1. The average Bonchev–Trinajstić information content (AvgIpc) is 2.43. The van der Waals surface area contributed by atoms with Gasteiger partial charge in [0.15, 0.2) is 5.82 Å². The molecule has 21 heavy (non-hydrogen) atoms. The van der Waals surface area contributed by atoms with E-state index in [1.807, 2.05) is 6.92 Å². The number of nitrogens with one attached hydrogen (secondary N) is 1. The van der Waals surface area contributed by atoms with E-state index in [-0.39, 0.29) is 10.7 Å². The zero-order chi connectivity index (χ0) is 15.5. The van der Waals surface area contributed by atoms with Gasteiger partial charge in [0.25, 0.3) is 10.0 Å². The molecule has 0 radical (unpaired) electrons. The van der Waals surface area contributed by atoms with Crippen LogP contribution in [0.4, 0.5) is 5.82 Å². The Kier molecular flexibility index (Phi) is 4.42. The third-order valence-corrected chi connectivity index (χ3v) is 4.13. The van der Waals surface area contributed by atoms with Gasteiger partial charge in [-0.1, -0.05) is 0 Å². The average molecular weight is 307 g/mol. The molecule has 0 aliphatic carbocycles. The van der Waals surface area contributed by atoms with E-state index in [0.717, 1.165) is 11.3 Å². The van der Waals surface area contributed by atoms with Crippen LogP contribution >= 0.6 is 0 Å². The predicted molar refractivity (Wildman–Crippen MR) is 79.9 cm³/mol. The van der Waals surface area contributed by atoms with Crippen molar-refractivity contribution >= 4 is 15.8 Å². The standard InChI is InChI=1S/C14H17N3O3S/c1-4-20-13-6-5-12(7-10(13)2)21(18,19)17-14-9-15-11(3)8-16-14/h5-9H,4H2,1-3H3,(H,16,17). The van der Waals surface area contributed by atoms with Crippen molar-refractivity contribution in [2.45, 2.75) is 25.7 Å². The highest BCUT2D eigenvalue weighted by molar-refractivity contribution is 7.92. The first-order valence-corrected chi connectivity index (χ1v) is 7.95. The first-order valence-electron chi connectivity index (χ1n) is 6.47. The minimum Gasteiger partial charge on any atom is -0.494 e. The van der Waals surface area contributed by atoms with Crippen LogP contribution in [0.3, 0.4) is 0 Å². The van der Waals surface area contributed by atoms with Gasteiger partial charge in [-0.15, -0.1) is 0 Å². The van der Waals surface area contributed by atoms with Gasteiger partial charge in [0.2, 0.25) is 0 Å². The molecule has 1 aromatic heterocycles. The molecule has 0 saturated carbocycles. The summed E-state index contributed by atoms with van der Waals surface area (Å²) in [5.41, 5.74) is 1.48. The lowest BCUT2D eigenvalue weighted by molar-refractivity contribution is 0.337. The summed E-state index contributed by atoms with van der Waals surface area (Å²) in [4.78, 5) is 8.14. The summed E-state index contributed by atoms with van der Waals surface area (Å²) in [5.74, 6) is 0.860. The molecule has 0 fully saturated rings. The van der Waals surface area contributed by atoms with Crippen LogP contribution in [-0.4, -0.2) is 25.0 Å². The Hall–Kier alpha value is -2.15. The molecule has 112 valence electrons. The number of rotatable bonds is 5. The fourth-order valence-corrected chi connectivity index (χ4v) is 2.83. The number of aromatic nitrogens is 2. The maximum Gasteiger partial charge on any atom is 0.263 e. The van der Waals surface area contributed by atoms with Gasteiger partial charge in [-0.25, -0.2) is 13.4 Å². The van der Waals surface area contributed by atoms with Gasteiger partial charge in [-0.3, -0.25) is 9.71 Å². The van der Waals surface area contributed by atoms with E-state index in [1.165, 1.54) is 18.5 Å². The van der Waals surface area contributed by atoms with Crippen molar-refractivity contribution in [2.75, 3.05) is 11.3 Å². The first kappa shape index (κ1) is 15.2. The van der Waals surface area contributed by atoms with E-state index in [4.69, 9.17) is 4.74 Å². The molecule has 7 heteroatoms. The van der Waals surface area contributed by atoms with Crippen LogP contribution in [0.2, 0.25) is 0 Å². The molecule has 0 amide bonds. The minimum atomic E-state index is -3.69. The van der Waals surface area contributed by atoms with Gasteiger partial charge < -0.3 is 4.74 Å². The Morgan fingerprint density at radius 2 is 1.95 bits per heavy atom. The van der Waals surface area contributed by atoms with E-state index in [1.54, 1.807) is 26.0 Å². The molecule has 0 atom stereocenters. The molecule has 0 bridgehead atoms. The lowest BCUT2D eigenvalue weighted by Gasteiger charge is -2.10. The second kappa shape index (κ2) is 6.09. The smallest absolute Gasteiger partial charge is 0.263 e. The zero-order valence-electron chi connectivity index (χ0n) is 12.1. The molecule has 6 nitrogen and oxygen atoms in total. The van der Waals surface area contributed by atoms with Crippen molar-refractivity contribution in [3.63, 3.8) is 0 Å². The van der Waals surface area contributed by atoms with Gasteiger partial charge in [0.05, 0.1) is 29.6 Å². The molecule has 0 aliphatic heterocycles. The van der Waals surface area contributed by atoms with Crippen molar-refractivity contribution in [1.29, 1.82) is 0 Å². The highest BCUT2D eigenvalue weighted by atomic mass is 32.2. The second-order valence-corrected chi connectivity index (χ2v) is 6.19. The maximum atomic E-state index is 12.3. The Morgan fingerprint density at radius 3 is 2.52 bits per heavy atom. The first-order chi connectivity index (χ1) is 9.92. The van der Waals surface area contributed by atoms with Crippen molar-refractivity contribution in [2.24, 2.45) is 0 Å². The maximum absolute atomic E-state index is 12.3. The quantitative estimate of drug-likeness (QED) is 0.916. The monoisotopic (exact) mass is 307 g/mol. The van der Waals surface area contributed by atoms with E-state index < -0.39 is 10.0 Å². The molecule has 0 saturated heterocycles. The third kappa shape index (κ3) is 3.69. The number of hydrogen-bond donors (Lipinski definition) is 1. The number of nitrogens with zero attached hydrogens (tertiary/aromatic N) is 2. The van der Waals surface area contributed by atoms with Gasteiger partial charge in [0, 0.05) is 0 Å². The SMILES string of the molecule is CCOc1ccc(S(=O)(=O)Nc2cnc(C)cn2)cc1C. The Labute approximate surface area is 124 Å². The van der Waals surface area contributed by atoms with Crippen LogP contribution in [0.15, 0.2) is 35.5 Å². The summed E-state index contributed by atoms with van der Waals surface area (Å²) >= 11 is 0. The minimum absolute atomic E-state index is 0.158. The molecule has 0 aliphatic rings. The Balaban J connectivity index is 2.27. The van der Waals surface area contributed by atoms with E-state index >= 15 is 0 Å². The van der Waals surface area contributed by atoms with Crippen LogP contribution in [0, 0.1) is 13.8 Å². The van der Waals surface area contributed by atoms with Crippen LogP contribution < -0.4 is 9.46 Å². The molecule has 1 aromatic carbocycles. The number of benzene rings is 1. The van der Waals surface area contributed by atoms with Crippen LogP contribution in [0.5, 0.6) is 5.75 Å². The van der Waals surface area contributed by atoms with Gasteiger partial charge in [-0.2, -0.15) is 0 Å². The predicted octanol–water partition coefficient (Wildman–Crippen LogP) is 2.29. The van der Waals surface area contributed by atoms with Gasteiger partial charge >= 0.3 is 0 Å². The molecule has 1 N–H and O–H groups in total. The summed E-state index contributed by atoms with van der Waals surface area (Å²) in [6.45, 7) is 5.99. The highest BCUT2D eigenvalue weighted by Crippen LogP contribution is 2.23. The second-order valence-electron chi connectivity index (χ2n) is 4.51.